The molecule has 3 aromatic rings. The van der Waals surface area contributed by atoms with Crippen LogP contribution in [0, 0.1) is 6.92 Å². The van der Waals surface area contributed by atoms with Crippen LogP contribution >= 0.6 is 11.3 Å². The summed E-state index contributed by atoms with van der Waals surface area (Å²) in [6.45, 7) is 2.75. The third kappa shape index (κ3) is 3.57. The molecule has 1 amide bonds. The zero-order valence-corrected chi connectivity index (χ0v) is 14.5. The van der Waals surface area contributed by atoms with Gasteiger partial charge in [-0.25, -0.2) is 4.98 Å². The maximum absolute atomic E-state index is 13.0. The fourth-order valence-electron chi connectivity index (χ4n) is 2.17. The van der Waals surface area contributed by atoms with E-state index in [-0.39, 0.29) is 22.3 Å². The number of aryl methyl sites for hydroxylation is 1. The lowest BCUT2D eigenvalue weighted by atomic mass is 10.2. The van der Waals surface area contributed by atoms with Crippen molar-refractivity contribution in [1.29, 1.82) is 0 Å². The van der Waals surface area contributed by atoms with Crippen LogP contribution in [0.25, 0.3) is 10.8 Å². The summed E-state index contributed by atoms with van der Waals surface area (Å²) in [5, 5.41) is 11.6. The molecule has 0 aliphatic heterocycles. The van der Waals surface area contributed by atoms with E-state index < -0.39 is 18.1 Å². The standard InChI is InChI=1S/C15H13F3N6OS/c1-8-4-3-5-19-11(8)13(25)21-10-6-26-14(22-10)12-23-20-7-24(12)9(2)15(16,17)18/h3-7,9H,1-2H3,(H,21,25). The van der Waals surface area contributed by atoms with Gasteiger partial charge in [0, 0.05) is 11.6 Å². The van der Waals surface area contributed by atoms with Crippen LogP contribution in [0.5, 0.6) is 0 Å². The van der Waals surface area contributed by atoms with Crippen LogP contribution in [0.15, 0.2) is 30.0 Å². The number of hydrogen-bond donors (Lipinski definition) is 1. The molecule has 0 radical (unpaired) electrons. The molecule has 0 fully saturated rings. The number of alkyl halides is 3. The predicted octanol–water partition coefficient (Wildman–Crippen LogP) is 3.48. The van der Waals surface area contributed by atoms with E-state index in [4.69, 9.17) is 0 Å². The van der Waals surface area contributed by atoms with Crippen molar-refractivity contribution in [1.82, 2.24) is 24.7 Å². The Balaban J connectivity index is 1.83. The fraction of sp³-hybridized carbons (Fsp3) is 0.267. The Morgan fingerprint density at radius 2 is 2.15 bits per heavy atom. The Kier molecular flexibility index (Phi) is 4.72. The molecule has 1 atom stereocenters. The highest BCUT2D eigenvalue weighted by atomic mass is 32.1. The zero-order valence-electron chi connectivity index (χ0n) is 13.7. The summed E-state index contributed by atoms with van der Waals surface area (Å²) in [6.07, 6.45) is -1.94. The molecule has 136 valence electrons. The van der Waals surface area contributed by atoms with E-state index >= 15 is 0 Å². The number of nitrogens with one attached hydrogen (secondary N) is 1. The van der Waals surface area contributed by atoms with E-state index in [0.717, 1.165) is 29.2 Å². The summed E-state index contributed by atoms with van der Waals surface area (Å²) >= 11 is 1.05. The van der Waals surface area contributed by atoms with E-state index in [0.29, 0.717) is 5.56 Å². The van der Waals surface area contributed by atoms with Crippen molar-refractivity contribution >= 4 is 23.1 Å². The molecule has 3 aromatic heterocycles. The van der Waals surface area contributed by atoms with Gasteiger partial charge < -0.3 is 5.32 Å². The average molecular weight is 382 g/mol. The fourth-order valence-corrected chi connectivity index (χ4v) is 2.91. The van der Waals surface area contributed by atoms with Crippen molar-refractivity contribution < 1.29 is 18.0 Å². The molecule has 0 aliphatic carbocycles. The molecule has 0 bridgehead atoms. The van der Waals surface area contributed by atoms with Crippen LogP contribution in [0.3, 0.4) is 0 Å². The first-order valence-corrected chi connectivity index (χ1v) is 8.30. The first kappa shape index (κ1) is 18.0. The maximum atomic E-state index is 13.0. The molecule has 26 heavy (non-hydrogen) atoms. The molecule has 11 heteroatoms. The predicted molar refractivity (Wildman–Crippen MR) is 88.8 cm³/mol. The molecule has 1 N–H and O–H groups in total. The van der Waals surface area contributed by atoms with Gasteiger partial charge in [-0.05, 0) is 25.5 Å². The molecule has 0 aliphatic rings. The second-order valence-corrected chi connectivity index (χ2v) is 6.30. The van der Waals surface area contributed by atoms with Crippen LogP contribution in [0.4, 0.5) is 19.0 Å². The highest BCUT2D eigenvalue weighted by molar-refractivity contribution is 7.13. The first-order chi connectivity index (χ1) is 12.3. The van der Waals surface area contributed by atoms with Crippen molar-refractivity contribution in [3.05, 3.63) is 41.3 Å². The number of hydrogen-bond acceptors (Lipinski definition) is 6. The van der Waals surface area contributed by atoms with Crippen LogP contribution in [0.2, 0.25) is 0 Å². The third-order valence-corrected chi connectivity index (χ3v) is 4.46. The summed E-state index contributed by atoms with van der Waals surface area (Å²) in [6, 6.07) is 1.66. The van der Waals surface area contributed by atoms with Crippen LogP contribution in [-0.4, -0.2) is 36.8 Å². The van der Waals surface area contributed by atoms with Crippen molar-refractivity contribution in [3.8, 4) is 10.8 Å². The second-order valence-electron chi connectivity index (χ2n) is 5.44. The maximum Gasteiger partial charge on any atom is 0.408 e. The van der Waals surface area contributed by atoms with Crippen LogP contribution < -0.4 is 5.32 Å². The SMILES string of the molecule is Cc1cccnc1C(=O)Nc1csc(-c2nncn2C(C)C(F)(F)F)n1. The van der Waals surface area contributed by atoms with Crippen molar-refractivity contribution in [3.63, 3.8) is 0 Å². The Morgan fingerprint density at radius 3 is 2.85 bits per heavy atom. The van der Waals surface area contributed by atoms with E-state index in [1.54, 1.807) is 19.1 Å². The summed E-state index contributed by atoms with van der Waals surface area (Å²) in [4.78, 5) is 20.4. The highest BCUT2D eigenvalue weighted by Gasteiger charge is 2.39. The number of carbonyl (C=O) groups excluding carboxylic acids is 1. The monoisotopic (exact) mass is 382 g/mol. The van der Waals surface area contributed by atoms with Crippen LogP contribution in [0.1, 0.15) is 29.0 Å². The number of anilines is 1. The van der Waals surface area contributed by atoms with Gasteiger partial charge in [0.05, 0.1) is 0 Å². The molecule has 3 rings (SSSR count). The number of amides is 1. The molecule has 1 unspecified atom stereocenters. The van der Waals surface area contributed by atoms with Gasteiger partial charge in [-0.2, -0.15) is 13.2 Å². The molecule has 3 heterocycles. The van der Waals surface area contributed by atoms with Crippen molar-refractivity contribution in [2.45, 2.75) is 26.1 Å². The van der Waals surface area contributed by atoms with Gasteiger partial charge in [0.25, 0.3) is 5.91 Å². The van der Waals surface area contributed by atoms with Gasteiger partial charge in [0.15, 0.2) is 10.8 Å². The van der Waals surface area contributed by atoms with Crippen molar-refractivity contribution in [2.24, 2.45) is 0 Å². The van der Waals surface area contributed by atoms with E-state index in [9.17, 15) is 18.0 Å². The smallest absolute Gasteiger partial charge is 0.304 e. The minimum atomic E-state index is -4.44. The number of nitrogens with zero attached hydrogens (tertiary/aromatic N) is 5. The molecule has 0 saturated heterocycles. The minimum absolute atomic E-state index is 0.0191. The lowest BCUT2D eigenvalue weighted by Gasteiger charge is -2.17. The van der Waals surface area contributed by atoms with E-state index in [1.807, 2.05) is 0 Å². The number of pyridine rings is 1. The molecular weight excluding hydrogens is 369 g/mol. The Hall–Kier alpha value is -2.82. The Labute approximate surface area is 149 Å². The Bertz CT molecular complexity index is 935. The number of carbonyl (C=O) groups is 1. The summed E-state index contributed by atoms with van der Waals surface area (Å²) in [5.41, 5.74) is 0.940. The number of rotatable bonds is 4. The lowest BCUT2D eigenvalue weighted by Crippen LogP contribution is -2.23. The van der Waals surface area contributed by atoms with E-state index in [2.05, 4.69) is 25.5 Å². The zero-order chi connectivity index (χ0) is 18.9. The molecule has 7 nitrogen and oxygen atoms in total. The number of aromatic nitrogens is 5. The van der Waals surface area contributed by atoms with Gasteiger partial charge in [-0.3, -0.25) is 14.3 Å². The largest absolute Gasteiger partial charge is 0.408 e. The number of halogens is 3. The molecule has 0 spiro atoms. The third-order valence-electron chi connectivity index (χ3n) is 3.63. The Morgan fingerprint density at radius 1 is 1.38 bits per heavy atom. The van der Waals surface area contributed by atoms with Gasteiger partial charge in [0.1, 0.15) is 23.9 Å². The summed E-state index contributed by atoms with van der Waals surface area (Å²) < 4.78 is 39.8. The summed E-state index contributed by atoms with van der Waals surface area (Å²) in [5.74, 6) is -0.270. The molecular formula is C15H13F3N6OS. The van der Waals surface area contributed by atoms with Crippen LogP contribution in [-0.2, 0) is 0 Å². The normalized spacial score (nSPS) is 12.8. The highest BCUT2D eigenvalue weighted by Crippen LogP contribution is 2.34. The second kappa shape index (κ2) is 6.83. The first-order valence-electron chi connectivity index (χ1n) is 7.42. The van der Waals surface area contributed by atoms with Gasteiger partial charge >= 0.3 is 6.18 Å². The topological polar surface area (TPSA) is 85.6 Å². The lowest BCUT2D eigenvalue weighted by molar-refractivity contribution is -0.162. The van der Waals surface area contributed by atoms with E-state index in [1.165, 1.54) is 11.6 Å². The molecule has 0 aromatic carbocycles. The number of thiazole rings is 1. The van der Waals surface area contributed by atoms with Gasteiger partial charge in [0.2, 0.25) is 0 Å². The quantitative estimate of drug-likeness (QED) is 0.747. The van der Waals surface area contributed by atoms with Gasteiger partial charge in [-0.1, -0.05) is 6.07 Å². The minimum Gasteiger partial charge on any atom is -0.304 e. The van der Waals surface area contributed by atoms with Gasteiger partial charge in [-0.15, -0.1) is 21.5 Å². The molecule has 0 saturated carbocycles. The average Bonchev–Trinajstić information content (AvgIpc) is 3.22. The summed E-state index contributed by atoms with van der Waals surface area (Å²) in [7, 11) is 0. The van der Waals surface area contributed by atoms with Crippen molar-refractivity contribution in [2.75, 3.05) is 5.32 Å².